The van der Waals surface area contributed by atoms with Gasteiger partial charge in [0.15, 0.2) is 0 Å². The normalized spacial score (nSPS) is 12.7. The van der Waals surface area contributed by atoms with Gasteiger partial charge in [0.2, 0.25) is 0 Å². The lowest BCUT2D eigenvalue weighted by molar-refractivity contribution is -0.144. The number of hydrogen-bond acceptors (Lipinski definition) is 4. The van der Waals surface area contributed by atoms with E-state index in [0.29, 0.717) is 12.5 Å². The maximum absolute atomic E-state index is 11.4. The van der Waals surface area contributed by atoms with Crippen molar-refractivity contribution in [1.29, 1.82) is 0 Å². The minimum atomic E-state index is -0.501. The van der Waals surface area contributed by atoms with Gasteiger partial charge >= 0.3 is 11.9 Å². The van der Waals surface area contributed by atoms with Crippen molar-refractivity contribution in [3.63, 3.8) is 0 Å². The molecule has 0 aliphatic carbocycles. The van der Waals surface area contributed by atoms with Gasteiger partial charge in [0.25, 0.3) is 0 Å². The second-order valence-corrected chi connectivity index (χ2v) is 5.08. The van der Waals surface area contributed by atoms with Crippen LogP contribution in [0.4, 0.5) is 0 Å². The highest BCUT2D eigenvalue weighted by atomic mass is 16.5. The van der Waals surface area contributed by atoms with Crippen LogP contribution in [-0.2, 0) is 19.1 Å². The van der Waals surface area contributed by atoms with Crippen molar-refractivity contribution in [2.75, 3.05) is 6.61 Å². The minimum Gasteiger partial charge on any atom is -0.463 e. The molecule has 0 spiro atoms. The van der Waals surface area contributed by atoms with Crippen molar-refractivity contribution in [2.24, 2.45) is 5.92 Å². The molecule has 110 valence electrons. The first-order valence-corrected chi connectivity index (χ1v) is 7.01. The average Bonchev–Trinajstić information content (AvgIpc) is 2.31. The van der Waals surface area contributed by atoms with Crippen molar-refractivity contribution in [3.8, 4) is 0 Å². The van der Waals surface area contributed by atoms with Crippen molar-refractivity contribution in [2.45, 2.75) is 59.5 Å². The molecule has 19 heavy (non-hydrogen) atoms. The Morgan fingerprint density at radius 1 is 1.05 bits per heavy atom. The monoisotopic (exact) mass is 270 g/mol. The fourth-order valence-corrected chi connectivity index (χ4v) is 1.66. The molecular formula is C15H26O4. The van der Waals surface area contributed by atoms with E-state index in [1.54, 1.807) is 0 Å². The van der Waals surface area contributed by atoms with Gasteiger partial charge in [-0.2, -0.15) is 0 Å². The lowest BCUT2D eigenvalue weighted by atomic mass is 10.1. The van der Waals surface area contributed by atoms with Gasteiger partial charge in [-0.25, -0.2) is 9.59 Å². The Morgan fingerprint density at radius 2 is 1.68 bits per heavy atom. The van der Waals surface area contributed by atoms with Crippen LogP contribution >= 0.6 is 0 Å². The Balaban J connectivity index is 3.84. The maximum atomic E-state index is 11.4. The molecule has 0 heterocycles. The van der Waals surface area contributed by atoms with Gasteiger partial charge in [-0.05, 0) is 25.7 Å². The van der Waals surface area contributed by atoms with Gasteiger partial charge < -0.3 is 9.47 Å². The van der Waals surface area contributed by atoms with Crippen LogP contribution in [0.25, 0.3) is 0 Å². The number of carbonyl (C=O) groups is 2. The molecule has 0 fully saturated rings. The molecule has 0 aromatic heterocycles. The molecule has 0 aliphatic rings. The standard InChI is InChI=1S/C15H26O4/c1-5-6-7-10-18-14(16)8-9-15(17)19-13(4)11-12(2)3/h8-9,12-13H,5-7,10-11H2,1-4H3/b9-8+. The molecule has 0 aromatic carbocycles. The first-order valence-electron chi connectivity index (χ1n) is 7.01. The first kappa shape index (κ1) is 17.7. The fourth-order valence-electron chi connectivity index (χ4n) is 1.66. The summed E-state index contributed by atoms with van der Waals surface area (Å²) in [6.07, 6.45) is 5.87. The third-order valence-electron chi connectivity index (χ3n) is 2.47. The van der Waals surface area contributed by atoms with E-state index < -0.39 is 11.9 Å². The first-order chi connectivity index (χ1) is 8.95. The van der Waals surface area contributed by atoms with Crippen LogP contribution in [0.15, 0.2) is 12.2 Å². The van der Waals surface area contributed by atoms with E-state index in [4.69, 9.17) is 9.47 Å². The van der Waals surface area contributed by atoms with Crippen LogP contribution < -0.4 is 0 Å². The number of rotatable bonds is 9. The highest BCUT2D eigenvalue weighted by Crippen LogP contribution is 2.07. The molecule has 0 aromatic rings. The number of esters is 2. The number of carbonyl (C=O) groups excluding carboxylic acids is 2. The van der Waals surface area contributed by atoms with E-state index in [1.807, 2.05) is 6.92 Å². The van der Waals surface area contributed by atoms with E-state index in [0.717, 1.165) is 37.8 Å². The van der Waals surface area contributed by atoms with Crippen LogP contribution in [0.3, 0.4) is 0 Å². The molecule has 0 radical (unpaired) electrons. The van der Waals surface area contributed by atoms with Crippen LogP contribution in [0, 0.1) is 5.92 Å². The third-order valence-corrected chi connectivity index (χ3v) is 2.47. The summed E-state index contributed by atoms with van der Waals surface area (Å²) in [6, 6.07) is 0. The van der Waals surface area contributed by atoms with Crippen LogP contribution in [0.2, 0.25) is 0 Å². The van der Waals surface area contributed by atoms with E-state index in [9.17, 15) is 9.59 Å². The maximum Gasteiger partial charge on any atom is 0.331 e. The SMILES string of the molecule is CCCCCOC(=O)/C=C/C(=O)OC(C)CC(C)C. The molecule has 0 bridgehead atoms. The van der Waals surface area contributed by atoms with Gasteiger partial charge in [0.1, 0.15) is 0 Å². The Morgan fingerprint density at radius 3 is 2.26 bits per heavy atom. The van der Waals surface area contributed by atoms with Gasteiger partial charge in [-0.1, -0.05) is 33.6 Å². The summed E-state index contributed by atoms with van der Waals surface area (Å²) in [5, 5.41) is 0. The largest absolute Gasteiger partial charge is 0.463 e. The molecule has 0 rings (SSSR count). The second kappa shape index (κ2) is 10.6. The summed E-state index contributed by atoms with van der Waals surface area (Å²) in [6.45, 7) is 8.45. The van der Waals surface area contributed by atoms with Crippen molar-refractivity contribution >= 4 is 11.9 Å². The molecule has 1 atom stereocenters. The molecule has 1 unspecified atom stereocenters. The molecule has 0 amide bonds. The number of hydrogen-bond donors (Lipinski definition) is 0. The molecular weight excluding hydrogens is 244 g/mol. The summed E-state index contributed by atoms with van der Waals surface area (Å²) in [5.74, 6) is -0.529. The molecule has 0 aliphatic heterocycles. The average molecular weight is 270 g/mol. The van der Waals surface area contributed by atoms with Crippen molar-refractivity contribution < 1.29 is 19.1 Å². The van der Waals surface area contributed by atoms with Gasteiger partial charge in [-0.15, -0.1) is 0 Å². The minimum absolute atomic E-state index is 0.141. The fraction of sp³-hybridized carbons (Fsp3) is 0.733. The highest BCUT2D eigenvalue weighted by Gasteiger charge is 2.09. The Kier molecular flexibility index (Phi) is 9.85. The van der Waals surface area contributed by atoms with E-state index >= 15 is 0 Å². The Hall–Kier alpha value is -1.32. The lowest BCUT2D eigenvalue weighted by Crippen LogP contribution is -2.15. The van der Waals surface area contributed by atoms with Gasteiger partial charge in [-0.3, -0.25) is 0 Å². The van der Waals surface area contributed by atoms with E-state index in [2.05, 4.69) is 20.8 Å². The predicted octanol–water partition coefficient (Wildman–Crippen LogP) is 3.25. The second-order valence-electron chi connectivity index (χ2n) is 5.08. The van der Waals surface area contributed by atoms with Gasteiger partial charge in [0, 0.05) is 12.2 Å². The zero-order chi connectivity index (χ0) is 14.7. The van der Waals surface area contributed by atoms with E-state index in [1.165, 1.54) is 0 Å². The molecule has 0 N–H and O–H groups in total. The summed E-state index contributed by atoms with van der Waals surface area (Å²) >= 11 is 0. The van der Waals surface area contributed by atoms with Crippen molar-refractivity contribution in [1.82, 2.24) is 0 Å². The van der Waals surface area contributed by atoms with Crippen molar-refractivity contribution in [3.05, 3.63) is 12.2 Å². The number of ether oxygens (including phenoxy) is 2. The van der Waals surface area contributed by atoms with Crippen LogP contribution in [-0.4, -0.2) is 24.6 Å². The number of unbranched alkanes of at least 4 members (excludes halogenated alkanes) is 2. The van der Waals surface area contributed by atoms with Crippen LogP contribution in [0.1, 0.15) is 53.4 Å². The molecule has 0 saturated carbocycles. The lowest BCUT2D eigenvalue weighted by Gasteiger charge is -2.13. The summed E-state index contributed by atoms with van der Waals surface area (Å²) in [4.78, 5) is 22.7. The van der Waals surface area contributed by atoms with Gasteiger partial charge in [0.05, 0.1) is 12.7 Å². The summed E-state index contributed by atoms with van der Waals surface area (Å²) in [5.41, 5.74) is 0. The summed E-state index contributed by atoms with van der Waals surface area (Å²) in [7, 11) is 0. The smallest absolute Gasteiger partial charge is 0.331 e. The van der Waals surface area contributed by atoms with E-state index in [-0.39, 0.29) is 6.10 Å². The Bertz CT molecular complexity index is 295. The summed E-state index contributed by atoms with van der Waals surface area (Å²) < 4.78 is 10.1. The highest BCUT2D eigenvalue weighted by molar-refractivity contribution is 5.91. The molecule has 4 nitrogen and oxygen atoms in total. The molecule has 0 saturated heterocycles. The zero-order valence-electron chi connectivity index (χ0n) is 12.5. The predicted molar refractivity (Wildman–Crippen MR) is 74.6 cm³/mol. The quantitative estimate of drug-likeness (QED) is 0.366. The Labute approximate surface area is 116 Å². The third kappa shape index (κ3) is 11.5. The molecule has 4 heteroatoms. The zero-order valence-corrected chi connectivity index (χ0v) is 12.5. The van der Waals surface area contributed by atoms with Crippen LogP contribution in [0.5, 0.6) is 0 Å². The topological polar surface area (TPSA) is 52.6 Å².